The van der Waals surface area contributed by atoms with E-state index in [1.54, 1.807) is 23.2 Å². The topological polar surface area (TPSA) is 95.2 Å². The van der Waals surface area contributed by atoms with Crippen molar-refractivity contribution in [3.8, 4) is 0 Å². The van der Waals surface area contributed by atoms with Crippen LogP contribution in [0.3, 0.4) is 0 Å². The number of rotatable bonds is 5. The van der Waals surface area contributed by atoms with Crippen LogP contribution in [0.25, 0.3) is 0 Å². The maximum atomic E-state index is 13.2. The van der Waals surface area contributed by atoms with Gasteiger partial charge in [0.25, 0.3) is 5.91 Å². The molecule has 2 aromatic rings. The average molecular weight is 374 g/mol. The van der Waals surface area contributed by atoms with E-state index in [0.717, 1.165) is 36.9 Å². The van der Waals surface area contributed by atoms with Crippen LogP contribution in [-0.2, 0) is 10.0 Å². The molecule has 0 spiro atoms. The monoisotopic (exact) mass is 374 g/mol. The minimum absolute atomic E-state index is 0.0313. The Bertz CT molecular complexity index is 920. The second kappa shape index (κ2) is 6.51. The highest BCUT2D eigenvalue weighted by Gasteiger charge is 2.33. The Morgan fingerprint density at radius 1 is 1.27 bits per heavy atom. The number of carbonyl (C=O) groups excluding carboxylic acids is 1. The molecule has 2 N–H and O–H groups in total. The summed E-state index contributed by atoms with van der Waals surface area (Å²) in [5.41, 5.74) is 2.12. The van der Waals surface area contributed by atoms with Gasteiger partial charge < -0.3 is 4.90 Å². The number of hydrogen-bond donors (Lipinski definition) is 2. The molecule has 2 fully saturated rings. The summed E-state index contributed by atoms with van der Waals surface area (Å²) in [7, 11) is -3.59. The van der Waals surface area contributed by atoms with Gasteiger partial charge in [0.2, 0.25) is 10.0 Å². The molecule has 2 aliphatic rings. The Morgan fingerprint density at radius 3 is 2.77 bits per heavy atom. The summed E-state index contributed by atoms with van der Waals surface area (Å²) in [5.74, 6) is -0.136. The van der Waals surface area contributed by atoms with Crippen molar-refractivity contribution in [3.05, 3.63) is 47.3 Å². The lowest BCUT2D eigenvalue weighted by molar-refractivity contribution is 0.0732. The van der Waals surface area contributed by atoms with Gasteiger partial charge in [-0.2, -0.15) is 5.10 Å². The van der Waals surface area contributed by atoms with Crippen LogP contribution in [0.15, 0.2) is 35.4 Å². The van der Waals surface area contributed by atoms with Gasteiger partial charge in [-0.3, -0.25) is 9.89 Å². The summed E-state index contributed by atoms with van der Waals surface area (Å²) in [5, 5.41) is 6.92. The molecule has 1 saturated carbocycles. The fourth-order valence-corrected chi connectivity index (χ4v) is 4.76. The molecule has 0 bridgehead atoms. The summed E-state index contributed by atoms with van der Waals surface area (Å²) < 4.78 is 27.7. The fourth-order valence-electron chi connectivity index (χ4n) is 3.43. The van der Waals surface area contributed by atoms with Crippen molar-refractivity contribution in [2.24, 2.45) is 0 Å². The Balaban J connectivity index is 1.64. The highest BCUT2D eigenvalue weighted by molar-refractivity contribution is 7.89. The Kier molecular flexibility index (Phi) is 4.32. The summed E-state index contributed by atoms with van der Waals surface area (Å²) in [6.07, 6.45) is 5.20. The Morgan fingerprint density at radius 2 is 2.08 bits per heavy atom. The van der Waals surface area contributed by atoms with E-state index in [2.05, 4.69) is 14.9 Å². The van der Waals surface area contributed by atoms with Crippen molar-refractivity contribution >= 4 is 15.9 Å². The third kappa shape index (κ3) is 3.26. The van der Waals surface area contributed by atoms with E-state index in [-0.39, 0.29) is 22.9 Å². The molecule has 1 aliphatic heterocycles. The van der Waals surface area contributed by atoms with Gasteiger partial charge in [-0.15, -0.1) is 0 Å². The molecule has 1 saturated heterocycles. The number of likely N-dealkylation sites (tertiary alicyclic amines) is 1. The lowest BCUT2D eigenvalue weighted by Gasteiger charge is -2.24. The molecule has 4 rings (SSSR count). The van der Waals surface area contributed by atoms with Crippen molar-refractivity contribution in [1.29, 1.82) is 0 Å². The third-order valence-electron chi connectivity index (χ3n) is 5.04. The molecule has 26 heavy (non-hydrogen) atoms. The molecule has 1 aliphatic carbocycles. The fraction of sp³-hybridized carbons (Fsp3) is 0.444. The van der Waals surface area contributed by atoms with E-state index in [4.69, 9.17) is 0 Å². The SMILES string of the molecule is Cc1ccc(S(=O)(=O)NC2CC2)cc1C(=O)N1CCCC1c1ccn[nH]1. The van der Waals surface area contributed by atoms with Crippen LogP contribution >= 0.6 is 0 Å². The minimum atomic E-state index is -3.59. The molecular formula is C18H22N4O3S. The zero-order valence-electron chi connectivity index (χ0n) is 14.6. The number of benzene rings is 1. The molecule has 138 valence electrons. The lowest BCUT2D eigenvalue weighted by atomic mass is 10.1. The maximum Gasteiger partial charge on any atom is 0.254 e. The quantitative estimate of drug-likeness (QED) is 0.838. The van der Waals surface area contributed by atoms with Gasteiger partial charge in [-0.25, -0.2) is 13.1 Å². The van der Waals surface area contributed by atoms with Crippen LogP contribution < -0.4 is 4.72 Å². The third-order valence-corrected chi connectivity index (χ3v) is 6.56. The Hall–Kier alpha value is -2.19. The highest BCUT2D eigenvalue weighted by Crippen LogP contribution is 2.33. The molecule has 1 aromatic carbocycles. The molecule has 2 heterocycles. The molecule has 1 atom stereocenters. The number of aryl methyl sites for hydroxylation is 1. The number of carbonyl (C=O) groups is 1. The summed E-state index contributed by atoms with van der Waals surface area (Å²) in [4.78, 5) is 15.1. The van der Waals surface area contributed by atoms with Crippen LogP contribution in [0.5, 0.6) is 0 Å². The standard InChI is InChI=1S/C18H22N4O3S/c1-12-4-7-14(26(24,25)21-13-5-6-13)11-15(12)18(23)22-10-2-3-17(22)16-8-9-19-20-16/h4,7-9,11,13,17,21H,2-3,5-6,10H2,1H3,(H,19,20). The van der Waals surface area contributed by atoms with Gasteiger partial charge in [-0.1, -0.05) is 6.07 Å². The molecule has 1 unspecified atom stereocenters. The first-order chi connectivity index (χ1) is 12.5. The number of amides is 1. The van der Waals surface area contributed by atoms with E-state index < -0.39 is 10.0 Å². The van der Waals surface area contributed by atoms with E-state index in [1.165, 1.54) is 6.07 Å². The van der Waals surface area contributed by atoms with Gasteiger partial charge >= 0.3 is 0 Å². The highest BCUT2D eigenvalue weighted by atomic mass is 32.2. The van der Waals surface area contributed by atoms with Crippen LogP contribution in [0, 0.1) is 6.92 Å². The summed E-state index contributed by atoms with van der Waals surface area (Å²) in [6, 6.07) is 6.63. The van der Waals surface area contributed by atoms with Crippen molar-refractivity contribution in [3.63, 3.8) is 0 Å². The molecule has 8 heteroatoms. The molecular weight excluding hydrogens is 352 g/mol. The van der Waals surface area contributed by atoms with E-state index in [9.17, 15) is 13.2 Å². The lowest BCUT2D eigenvalue weighted by Crippen LogP contribution is -2.32. The van der Waals surface area contributed by atoms with Crippen LogP contribution in [0.1, 0.15) is 53.3 Å². The van der Waals surface area contributed by atoms with Crippen LogP contribution in [-0.4, -0.2) is 42.0 Å². The second-order valence-electron chi connectivity index (χ2n) is 7.04. The van der Waals surface area contributed by atoms with Crippen molar-refractivity contribution in [1.82, 2.24) is 19.8 Å². The van der Waals surface area contributed by atoms with Crippen LogP contribution in [0.4, 0.5) is 0 Å². The van der Waals surface area contributed by atoms with Crippen molar-refractivity contribution in [2.45, 2.75) is 49.6 Å². The number of nitrogens with one attached hydrogen (secondary N) is 2. The predicted molar refractivity (Wildman–Crippen MR) is 96.1 cm³/mol. The summed E-state index contributed by atoms with van der Waals surface area (Å²) >= 11 is 0. The van der Waals surface area contributed by atoms with E-state index in [1.807, 2.05) is 13.0 Å². The number of aromatic nitrogens is 2. The first kappa shape index (κ1) is 17.2. The number of hydrogen-bond acceptors (Lipinski definition) is 4. The zero-order chi connectivity index (χ0) is 18.3. The maximum absolute atomic E-state index is 13.2. The predicted octanol–water partition coefficient (Wildman–Crippen LogP) is 2.14. The van der Waals surface area contributed by atoms with Crippen LogP contribution in [0.2, 0.25) is 0 Å². The van der Waals surface area contributed by atoms with Crippen molar-refractivity contribution in [2.75, 3.05) is 6.54 Å². The zero-order valence-corrected chi connectivity index (χ0v) is 15.4. The number of H-pyrrole nitrogens is 1. The first-order valence-electron chi connectivity index (χ1n) is 8.89. The minimum Gasteiger partial charge on any atom is -0.330 e. The average Bonchev–Trinajstić information content (AvgIpc) is 3.09. The Labute approximate surface area is 152 Å². The van der Waals surface area contributed by atoms with Crippen molar-refractivity contribution < 1.29 is 13.2 Å². The molecule has 0 radical (unpaired) electrons. The molecule has 1 amide bonds. The number of aromatic amines is 1. The first-order valence-corrected chi connectivity index (χ1v) is 10.4. The second-order valence-corrected chi connectivity index (χ2v) is 8.75. The number of sulfonamides is 1. The van der Waals surface area contributed by atoms with Gasteiger partial charge in [0.15, 0.2) is 0 Å². The van der Waals surface area contributed by atoms with E-state index >= 15 is 0 Å². The largest absolute Gasteiger partial charge is 0.330 e. The number of nitrogens with zero attached hydrogens (tertiary/aromatic N) is 2. The normalized spacial score (nSPS) is 20.5. The molecule has 1 aromatic heterocycles. The van der Waals surface area contributed by atoms with Gasteiger partial charge in [0, 0.05) is 24.3 Å². The molecule has 7 nitrogen and oxygen atoms in total. The van der Waals surface area contributed by atoms with Gasteiger partial charge in [0.1, 0.15) is 0 Å². The summed E-state index contributed by atoms with van der Waals surface area (Å²) in [6.45, 7) is 2.48. The van der Waals surface area contributed by atoms with E-state index in [0.29, 0.717) is 12.1 Å². The van der Waals surface area contributed by atoms with Gasteiger partial charge in [0.05, 0.1) is 16.6 Å². The van der Waals surface area contributed by atoms with Gasteiger partial charge in [-0.05, 0) is 56.4 Å². The smallest absolute Gasteiger partial charge is 0.254 e.